The molecule has 4 aliphatic rings. The van der Waals surface area contributed by atoms with Gasteiger partial charge in [0.05, 0.1) is 18.3 Å². The first-order chi connectivity index (χ1) is 13.6. The van der Waals surface area contributed by atoms with Gasteiger partial charge in [0, 0.05) is 6.42 Å². The third-order valence-electron chi connectivity index (χ3n) is 10.3. The Morgan fingerprint density at radius 1 is 1.03 bits per heavy atom. The normalized spacial score (nSPS) is 52.9. The van der Waals surface area contributed by atoms with Gasteiger partial charge in [-0.15, -0.1) is 0 Å². The molecule has 5 unspecified atom stereocenters. The van der Waals surface area contributed by atoms with Crippen LogP contribution in [0.15, 0.2) is 0 Å². The first kappa shape index (κ1) is 21.6. The van der Waals surface area contributed by atoms with Crippen molar-refractivity contribution >= 4 is 5.97 Å². The molecular weight excluding hydrogens is 368 g/mol. The van der Waals surface area contributed by atoms with Crippen LogP contribution >= 0.6 is 0 Å². The third kappa shape index (κ3) is 3.27. The van der Waals surface area contributed by atoms with Gasteiger partial charge in [-0.2, -0.15) is 0 Å². The molecule has 5 nitrogen and oxygen atoms in total. The Morgan fingerprint density at radius 2 is 1.76 bits per heavy atom. The first-order valence-corrected chi connectivity index (χ1v) is 11.8. The maximum atomic E-state index is 11.5. The molecule has 4 rings (SSSR count). The van der Waals surface area contributed by atoms with E-state index >= 15 is 0 Å². The van der Waals surface area contributed by atoms with Gasteiger partial charge in [-0.3, -0.25) is 4.79 Å². The van der Waals surface area contributed by atoms with Gasteiger partial charge < -0.3 is 20.4 Å². The van der Waals surface area contributed by atoms with Crippen LogP contribution in [0.4, 0.5) is 0 Å². The van der Waals surface area contributed by atoms with Gasteiger partial charge in [-0.25, -0.2) is 0 Å². The lowest BCUT2D eigenvalue weighted by Gasteiger charge is -2.63. The largest absolute Gasteiger partial charge is 0.481 e. The average Bonchev–Trinajstić information content (AvgIpc) is 3.01. The van der Waals surface area contributed by atoms with E-state index in [0.29, 0.717) is 30.1 Å². The summed E-state index contributed by atoms with van der Waals surface area (Å²) in [6.45, 7) is 6.72. The van der Waals surface area contributed by atoms with Crippen LogP contribution in [0.5, 0.6) is 0 Å². The predicted molar refractivity (Wildman–Crippen MR) is 110 cm³/mol. The van der Waals surface area contributed by atoms with Crippen LogP contribution in [-0.4, -0.2) is 44.7 Å². The Kier molecular flexibility index (Phi) is 5.57. The van der Waals surface area contributed by atoms with Gasteiger partial charge in [-0.05, 0) is 97.7 Å². The van der Waals surface area contributed by atoms with Gasteiger partial charge in [0.15, 0.2) is 0 Å². The number of carboxylic acids is 1. The second kappa shape index (κ2) is 7.49. The van der Waals surface area contributed by atoms with Crippen molar-refractivity contribution in [2.45, 2.75) is 96.9 Å². The number of rotatable bonds is 4. The SMILES string of the molecule is C[C@H](CCC(=O)O)C1CC[C@H]2C3[C@H](O)CC4C[C@H](O)CCC4(C)[C@H]3C[C@H](O)C12C. The van der Waals surface area contributed by atoms with Crippen LogP contribution in [0.2, 0.25) is 0 Å². The topological polar surface area (TPSA) is 98.0 Å². The van der Waals surface area contributed by atoms with E-state index in [0.717, 1.165) is 44.9 Å². The quantitative estimate of drug-likeness (QED) is 0.571. The summed E-state index contributed by atoms with van der Waals surface area (Å²) in [5.41, 5.74) is -0.143. The van der Waals surface area contributed by atoms with Gasteiger partial charge >= 0.3 is 5.97 Å². The fourth-order valence-electron chi connectivity index (χ4n) is 8.68. The van der Waals surface area contributed by atoms with E-state index in [1.807, 2.05) is 0 Å². The van der Waals surface area contributed by atoms with Crippen molar-refractivity contribution in [3.63, 3.8) is 0 Å². The van der Waals surface area contributed by atoms with E-state index in [1.54, 1.807) is 0 Å². The van der Waals surface area contributed by atoms with Gasteiger partial charge in [0.2, 0.25) is 0 Å². The Morgan fingerprint density at radius 3 is 2.45 bits per heavy atom. The number of hydrogen-bond acceptors (Lipinski definition) is 4. The molecule has 5 heteroatoms. The first-order valence-electron chi connectivity index (χ1n) is 11.8. The predicted octanol–water partition coefficient (Wildman–Crippen LogP) is 3.45. The second-order valence-electron chi connectivity index (χ2n) is 11.4. The van der Waals surface area contributed by atoms with Gasteiger partial charge in [-0.1, -0.05) is 20.8 Å². The van der Waals surface area contributed by atoms with Crippen molar-refractivity contribution in [3.8, 4) is 0 Å². The number of hydrogen-bond donors (Lipinski definition) is 4. The zero-order valence-corrected chi connectivity index (χ0v) is 18.3. The lowest BCUT2D eigenvalue weighted by Crippen LogP contribution is -2.62. The lowest BCUT2D eigenvalue weighted by molar-refractivity contribution is -0.207. The minimum absolute atomic E-state index is 0.0957. The molecule has 166 valence electrons. The fourth-order valence-corrected chi connectivity index (χ4v) is 8.68. The molecule has 0 radical (unpaired) electrons. The van der Waals surface area contributed by atoms with E-state index in [-0.39, 0.29) is 41.3 Å². The molecule has 0 bridgehead atoms. The number of aliphatic carboxylic acids is 1. The molecule has 4 aliphatic carbocycles. The molecule has 0 spiro atoms. The second-order valence-corrected chi connectivity index (χ2v) is 11.4. The minimum Gasteiger partial charge on any atom is -0.481 e. The van der Waals surface area contributed by atoms with Gasteiger partial charge in [0.25, 0.3) is 0 Å². The van der Waals surface area contributed by atoms with Crippen LogP contribution < -0.4 is 0 Å². The molecule has 29 heavy (non-hydrogen) atoms. The van der Waals surface area contributed by atoms with E-state index in [9.17, 15) is 20.1 Å². The molecule has 0 aromatic carbocycles. The molecule has 4 N–H and O–H groups in total. The highest BCUT2D eigenvalue weighted by molar-refractivity contribution is 5.66. The lowest BCUT2D eigenvalue weighted by atomic mass is 9.43. The summed E-state index contributed by atoms with van der Waals surface area (Å²) in [5.74, 6) is 0.997. The Bertz CT molecular complexity index is 637. The molecular formula is C24H40O5. The summed E-state index contributed by atoms with van der Waals surface area (Å²) in [7, 11) is 0. The monoisotopic (exact) mass is 408 g/mol. The zero-order valence-electron chi connectivity index (χ0n) is 18.3. The summed E-state index contributed by atoms with van der Waals surface area (Å²) in [5, 5.41) is 42.0. The Hall–Kier alpha value is -0.650. The highest BCUT2D eigenvalue weighted by Gasteiger charge is 2.65. The molecule has 0 aromatic rings. The summed E-state index contributed by atoms with van der Waals surface area (Å²) in [6.07, 6.45) is 6.00. The molecule has 0 saturated heterocycles. The smallest absolute Gasteiger partial charge is 0.303 e. The summed E-state index contributed by atoms with van der Waals surface area (Å²) in [4.78, 5) is 11.1. The molecule has 0 heterocycles. The highest BCUT2D eigenvalue weighted by atomic mass is 16.4. The summed E-state index contributed by atoms with van der Waals surface area (Å²) < 4.78 is 0. The number of aliphatic hydroxyl groups is 3. The van der Waals surface area contributed by atoms with Crippen molar-refractivity contribution < 1.29 is 25.2 Å². The van der Waals surface area contributed by atoms with Crippen LogP contribution in [-0.2, 0) is 4.79 Å². The van der Waals surface area contributed by atoms with Crippen LogP contribution in [0, 0.1) is 46.3 Å². The van der Waals surface area contributed by atoms with E-state index in [4.69, 9.17) is 5.11 Å². The minimum atomic E-state index is -0.748. The standard InChI is InChI=1S/C24H40O5/c1-13(4-7-21(28)29)16-5-6-17-22-18(12-20(27)24(16,17)3)23(2)9-8-15(25)10-14(23)11-19(22)26/h13-20,22,25-27H,4-12H2,1-3H3,(H,28,29)/t13-,14?,15-,16?,17+,18+,19-,20+,22?,23?,24?/m1/s1. The van der Waals surface area contributed by atoms with E-state index in [1.165, 1.54) is 0 Å². The molecule has 11 atom stereocenters. The van der Waals surface area contributed by atoms with Crippen LogP contribution in [0.1, 0.15) is 78.6 Å². The Balaban J connectivity index is 1.61. The number of carboxylic acid groups (broad SMARTS) is 1. The van der Waals surface area contributed by atoms with E-state index in [2.05, 4.69) is 20.8 Å². The molecule has 0 aliphatic heterocycles. The van der Waals surface area contributed by atoms with Crippen molar-refractivity contribution in [2.75, 3.05) is 0 Å². The molecule has 4 fully saturated rings. The zero-order chi connectivity index (χ0) is 21.1. The maximum absolute atomic E-state index is 11.5. The number of aliphatic hydroxyl groups excluding tert-OH is 3. The van der Waals surface area contributed by atoms with Crippen LogP contribution in [0.25, 0.3) is 0 Å². The molecule has 0 aromatic heterocycles. The van der Waals surface area contributed by atoms with E-state index < -0.39 is 12.1 Å². The van der Waals surface area contributed by atoms with Crippen molar-refractivity contribution in [2.24, 2.45) is 46.3 Å². The number of carbonyl (C=O) groups is 1. The average molecular weight is 409 g/mol. The maximum Gasteiger partial charge on any atom is 0.303 e. The summed E-state index contributed by atoms with van der Waals surface area (Å²) in [6, 6.07) is 0. The molecule has 4 saturated carbocycles. The number of fused-ring (bicyclic) bond motifs is 5. The van der Waals surface area contributed by atoms with Crippen molar-refractivity contribution in [1.29, 1.82) is 0 Å². The van der Waals surface area contributed by atoms with Crippen molar-refractivity contribution in [1.82, 2.24) is 0 Å². The van der Waals surface area contributed by atoms with Crippen LogP contribution in [0.3, 0.4) is 0 Å². The Labute approximate surface area is 174 Å². The van der Waals surface area contributed by atoms with Crippen molar-refractivity contribution in [3.05, 3.63) is 0 Å². The fraction of sp³-hybridized carbons (Fsp3) is 0.958. The molecule has 0 amide bonds. The highest BCUT2D eigenvalue weighted by Crippen LogP contribution is 2.68. The van der Waals surface area contributed by atoms with Gasteiger partial charge in [0.1, 0.15) is 0 Å². The summed E-state index contributed by atoms with van der Waals surface area (Å²) >= 11 is 0. The third-order valence-corrected chi connectivity index (χ3v) is 10.3.